The van der Waals surface area contributed by atoms with E-state index in [-0.39, 0.29) is 0 Å². The zero-order valence-electron chi connectivity index (χ0n) is 9.89. The normalized spacial score (nSPS) is 10.9. The van der Waals surface area contributed by atoms with Crippen molar-refractivity contribution in [3.8, 4) is 0 Å². The summed E-state index contributed by atoms with van der Waals surface area (Å²) in [6.45, 7) is 0. The zero-order chi connectivity index (χ0) is 14.1. The summed E-state index contributed by atoms with van der Waals surface area (Å²) in [6, 6.07) is 5.38. The van der Waals surface area contributed by atoms with Crippen LogP contribution in [0.3, 0.4) is 0 Å². The molecule has 102 valence electrons. The van der Waals surface area contributed by atoms with Crippen molar-refractivity contribution in [2.45, 2.75) is 9.92 Å². The van der Waals surface area contributed by atoms with Gasteiger partial charge in [0.1, 0.15) is 5.03 Å². The largest absolute Gasteiger partial charge is 0.292 e. The van der Waals surface area contributed by atoms with Crippen molar-refractivity contribution in [3.63, 3.8) is 0 Å². The second-order valence-corrected chi connectivity index (χ2v) is 5.68. The monoisotopic (exact) mass is 326 g/mol. The molecule has 20 heavy (non-hydrogen) atoms. The first-order chi connectivity index (χ1) is 9.67. The molecular weight excluding hydrogens is 319 g/mol. The van der Waals surface area contributed by atoms with Crippen molar-refractivity contribution in [1.82, 2.24) is 20.2 Å². The maximum atomic E-state index is 6.01. The third-order valence-corrected chi connectivity index (χ3v) is 4.24. The molecule has 0 amide bonds. The molecule has 0 aliphatic carbocycles. The summed E-state index contributed by atoms with van der Waals surface area (Å²) in [5, 5.41) is 9.26. The number of nitrogen functional groups attached to an aromatic ring is 1. The molecule has 3 rings (SSSR count). The number of anilines is 1. The Morgan fingerprint density at radius 3 is 2.80 bits per heavy atom. The molecule has 0 atom stereocenters. The van der Waals surface area contributed by atoms with Gasteiger partial charge in [-0.3, -0.25) is 10.5 Å². The zero-order valence-corrected chi connectivity index (χ0v) is 12.2. The molecule has 1 aromatic carbocycles. The lowest BCUT2D eigenvalue weighted by Crippen LogP contribution is -2.10. The number of nitrogens with zero attached hydrogens (tertiary/aromatic N) is 3. The van der Waals surface area contributed by atoms with Gasteiger partial charge in [0.05, 0.1) is 21.6 Å². The van der Waals surface area contributed by atoms with E-state index in [1.807, 2.05) is 6.07 Å². The summed E-state index contributed by atoms with van der Waals surface area (Å²) in [4.78, 5) is 9.39. The van der Waals surface area contributed by atoms with Crippen LogP contribution >= 0.6 is 35.0 Å². The average Bonchev–Trinajstić information content (AvgIpc) is 2.91. The summed E-state index contributed by atoms with van der Waals surface area (Å²) in [5.41, 5.74) is 3.03. The van der Waals surface area contributed by atoms with E-state index in [1.165, 1.54) is 11.8 Å². The van der Waals surface area contributed by atoms with Crippen molar-refractivity contribution in [2.75, 3.05) is 5.43 Å². The molecule has 9 heteroatoms. The fourth-order valence-electron chi connectivity index (χ4n) is 1.60. The van der Waals surface area contributed by atoms with E-state index in [1.54, 1.807) is 18.3 Å². The maximum Gasteiger partial charge on any atom is 0.240 e. The Morgan fingerprint density at radius 1 is 1.20 bits per heavy atom. The summed E-state index contributed by atoms with van der Waals surface area (Å²) in [5.74, 6) is 5.67. The number of fused-ring (bicyclic) bond motifs is 1. The Bertz CT molecular complexity index is 775. The van der Waals surface area contributed by atoms with Crippen LogP contribution in [0, 0.1) is 0 Å². The van der Waals surface area contributed by atoms with Crippen LogP contribution in [0.4, 0.5) is 5.95 Å². The summed E-state index contributed by atoms with van der Waals surface area (Å²) >= 11 is 13.3. The highest BCUT2D eigenvalue weighted by molar-refractivity contribution is 7.99. The molecule has 2 aromatic heterocycles. The van der Waals surface area contributed by atoms with E-state index >= 15 is 0 Å². The van der Waals surface area contributed by atoms with E-state index < -0.39 is 0 Å². The number of aromatic amines is 1. The van der Waals surface area contributed by atoms with Crippen LogP contribution in [0.15, 0.2) is 34.3 Å². The van der Waals surface area contributed by atoms with Gasteiger partial charge in [0.15, 0.2) is 5.65 Å². The van der Waals surface area contributed by atoms with Gasteiger partial charge in [-0.15, -0.1) is 0 Å². The number of rotatable bonds is 3. The fraction of sp³-hybridized carbons (Fsp3) is 0. The third-order valence-electron chi connectivity index (χ3n) is 2.51. The van der Waals surface area contributed by atoms with E-state index in [0.717, 1.165) is 15.3 Å². The number of hydrogen-bond acceptors (Lipinski definition) is 6. The minimum absolute atomic E-state index is 0.310. The van der Waals surface area contributed by atoms with Gasteiger partial charge in [-0.1, -0.05) is 35.0 Å². The Hall–Kier alpha value is -1.54. The lowest BCUT2D eigenvalue weighted by atomic mass is 10.4. The van der Waals surface area contributed by atoms with Crippen LogP contribution in [0.25, 0.3) is 11.0 Å². The molecule has 0 saturated heterocycles. The smallest absolute Gasteiger partial charge is 0.240 e. The van der Waals surface area contributed by atoms with E-state index in [0.29, 0.717) is 21.6 Å². The van der Waals surface area contributed by atoms with Crippen LogP contribution in [-0.4, -0.2) is 20.2 Å². The summed E-state index contributed by atoms with van der Waals surface area (Å²) in [7, 11) is 0. The molecule has 2 heterocycles. The van der Waals surface area contributed by atoms with Gasteiger partial charge in [-0.25, -0.2) is 10.8 Å². The van der Waals surface area contributed by atoms with Gasteiger partial charge in [-0.2, -0.15) is 10.1 Å². The third kappa shape index (κ3) is 2.53. The Kier molecular flexibility index (Phi) is 3.66. The quantitative estimate of drug-likeness (QED) is 0.389. The van der Waals surface area contributed by atoms with Gasteiger partial charge in [0.25, 0.3) is 0 Å². The SMILES string of the molecule is NNc1nc(Sc2ccc(Cl)c(Cl)c2)c2cn[nH]c2n1. The van der Waals surface area contributed by atoms with Crippen LogP contribution < -0.4 is 11.3 Å². The number of benzene rings is 1. The first-order valence-electron chi connectivity index (χ1n) is 5.48. The molecule has 4 N–H and O–H groups in total. The van der Waals surface area contributed by atoms with Gasteiger partial charge in [0, 0.05) is 4.90 Å². The van der Waals surface area contributed by atoms with E-state index in [9.17, 15) is 0 Å². The van der Waals surface area contributed by atoms with Crippen LogP contribution in [0.1, 0.15) is 0 Å². The van der Waals surface area contributed by atoms with Crippen molar-refractivity contribution >= 4 is 51.9 Å². The number of H-pyrrole nitrogens is 1. The number of halogens is 2. The van der Waals surface area contributed by atoms with E-state index in [4.69, 9.17) is 29.0 Å². The lowest BCUT2D eigenvalue weighted by molar-refractivity contribution is 1.05. The molecular formula is C11H8Cl2N6S. The first kappa shape index (κ1) is 13.4. The second kappa shape index (κ2) is 5.45. The van der Waals surface area contributed by atoms with Crippen molar-refractivity contribution in [3.05, 3.63) is 34.4 Å². The highest BCUT2D eigenvalue weighted by atomic mass is 35.5. The number of hydrogen-bond donors (Lipinski definition) is 3. The van der Waals surface area contributed by atoms with Crippen LogP contribution in [-0.2, 0) is 0 Å². The molecule has 6 nitrogen and oxygen atoms in total. The minimum Gasteiger partial charge on any atom is -0.292 e. The number of aromatic nitrogens is 4. The highest BCUT2D eigenvalue weighted by Crippen LogP contribution is 2.34. The first-order valence-corrected chi connectivity index (χ1v) is 7.05. The van der Waals surface area contributed by atoms with Crippen LogP contribution in [0.5, 0.6) is 0 Å². The van der Waals surface area contributed by atoms with Gasteiger partial charge in [-0.05, 0) is 18.2 Å². The molecule has 0 spiro atoms. The van der Waals surface area contributed by atoms with Crippen molar-refractivity contribution < 1.29 is 0 Å². The predicted molar refractivity (Wildman–Crippen MR) is 80.1 cm³/mol. The molecule has 0 fully saturated rings. The molecule has 3 aromatic rings. The molecule has 0 bridgehead atoms. The maximum absolute atomic E-state index is 6.01. The molecule has 0 aliphatic heterocycles. The number of nitrogens with two attached hydrogens (primary N) is 1. The van der Waals surface area contributed by atoms with Crippen molar-refractivity contribution in [2.24, 2.45) is 5.84 Å². The minimum atomic E-state index is 0.310. The standard InChI is InChI=1S/C11H8Cl2N6S/c12-7-2-1-5(3-8(7)13)20-10-6-4-15-19-9(6)16-11(17-10)18-14/h1-4H,14H2,(H2,15,16,17,18,19). The lowest BCUT2D eigenvalue weighted by Gasteiger charge is -2.05. The molecule has 0 saturated carbocycles. The van der Waals surface area contributed by atoms with Gasteiger partial charge < -0.3 is 0 Å². The van der Waals surface area contributed by atoms with Crippen LogP contribution in [0.2, 0.25) is 10.0 Å². The summed E-state index contributed by atoms with van der Waals surface area (Å²) in [6.07, 6.45) is 1.66. The Morgan fingerprint density at radius 2 is 2.05 bits per heavy atom. The molecule has 0 aliphatic rings. The van der Waals surface area contributed by atoms with Crippen molar-refractivity contribution in [1.29, 1.82) is 0 Å². The summed E-state index contributed by atoms with van der Waals surface area (Å²) < 4.78 is 0. The number of nitrogens with one attached hydrogen (secondary N) is 2. The topological polar surface area (TPSA) is 92.5 Å². The fourth-order valence-corrected chi connectivity index (χ4v) is 2.89. The second-order valence-electron chi connectivity index (χ2n) is 3.81. The van der Waals surface area contributed by atoms with Gasteiger partial charge >= 0.3 is 0 Å². The van der Waals surface area contributed by atoms with Gasteiger partial charge in [0.2, 0.25) is 5.95 Å². The average molecular weight is 327 g/mol. The molecule has 0 radical (unpaired) electrons. The van der Waals surface area contributed by atoms with E-state index in [2.05, 4.69) is 25.6 Å². The Balaban J connectivity index is 2.04. The Labute approximate surface area is 128 Å². The molecule has 0 unspecified atom stereocenters. The predicted octanol–water partition coefficient (Wildman–Crippen LogP) is 3.10. The number of hydrazine groups is 1. The highest BCUT2D eigenvalue weighted by Gasteiger charge is 2.11.